The number of halogens is 1. The van der Waals surface area contributed by atoms with Gasteiger partial charge in [0.2, 0.25) is 5.95 Å². The SMILES string of the molecule is CCc1c(-c2nc(-c3ccnc(N)c3F)ccc2O)nc(N)nc1C1CCN(C(C)C)CC1. The van der Waals surface area contributed by atoms with Crippen molar-refractivity contribution >= 4 is 11.8 Å². The van der Waals surface area contributed by atoms with Crippen LogP contribution in [0.2, 0.25) is 0 Å². The zero-order chi connectivity index (χ0) is 23.7. The van der Waals surface area contributed by atoms with Crippen molar-refractivity contribution in [1.29, 1.82) is 0 Å². The van der Waals surface area contributed by atoms with Gasteiger partial charge in [-0.25, -0.2) is 24.3 Å². The number of rotatable bonds is 5. The van der Waals surface area contributed by atoms with Crippen molar-refractivity contribution in [2.75, 3.05) is 24.6 Å². The number of nitrogens with two attached hydrogens (primary N) is 2. The molecule has 0 unspecified atom stereocenters. The highest BCUT2D eigenvalue weighted by atomic mass is 19.1. The Labute approximate surface area is 192 Å². The number of nitrogen functional groups attached to an aromatic ring is 2. The van der Waals surface area contributed by atoms with E-state index in [4.69, 9.17) is 11.5 Å². The fourth-order valence-electron chi connectivity index (χ4n) is 4.52. The Hall–Kier alpha value is -3.33. The first-order valence-electron chi connectivity index (χ1n) is 11.3. The summed E-state index contributed by atoms with van der Waals surface area (Å²) < 4.78 is 14.6. The molecule has 1 aliphatic heterocycles. The molecule has 5 N–H and O–H groups in total. The van der Waals surface area contributed by atoms with E-state index in [-0.39, 0.29) is 34.7 Å². The third-order valence-electron chi connectivity index (χ3n) is 6.35. The van der Waals surface area contributed by atoms with Crippen LogP contribution < -0.4 is 11.5 Å². The quantitative estimate of drug-likeness (QED) is 0.535. The second kappa shape index (κ2) is 9.27. The topological polar surface area (TPSA) is 127 Å². The van der Waals surface area contributed by atoms with Crippen molar-refractivity contribution in [2.24, 2.45) is 0 Å². The number of likely N-dealkylation sites (tertiary alicyclic amines) is 1. The molecule has 0 aromatic carbocycles. The van der Waals surface area contributed by atoms with Crippen LogP contribution in [0.1, 0.15) is 50.8 Å². The first kappa shape index (κ1) is 22.8. The number of aromatic nitrogens is 4. The van der Waals surface area contributed by atoms with E-state index in [9.17, 15) is 9.50 Å². The normalized spacial score (nSPS) is 15.3. The number of anilines is 2. The van der Waals surface area contributed by atoms with Gasteiger partial charge in [-0.1, -0.05) is 6.92 Å². The minimum absolute atomic E-state index is 0.0606. The van der Waals surface area contributed by atoms with Crippen molar-refractivity contribution in [1.82, 2.24) is 24.8 Å². The molecular formula is C24H30FN7O. The summed E-state index contributed by atoms with van der Waals surface area (Å²) in [5.41, 5.74) is 14.8. The summed E-state index contributed by atoms with van der Waals surface area (Å²) in [6.07, 6.45) is 4.02. The lowest BCUT2D eigenvalue weighted by molar-refractivity contribution is 0.170. The first-order chi connectivity index (χ1) is 15.8. The molecule has 0 atom stereocenters. The summed E-state index contributed by atoms with van der Waals surface area (Å²) in [5.74, 6) is -0.539. The molecule has 33 heavy (non-hydrogen) atoms. The Morgan fingerprint density at radius 2 is 1.82 bits per heavy atom. The highest BCUT2D eigenvalue weighted by Crippen LogP contribution is 2.37. The van der Waals surface area contributed by atoms with E-state index in [1.54, 1.807) is 0 Å². The monoisotopic (exact) mass is 451 g/mol. The van der Waals surface area contributed by atoms with Crippen LogP contribution in [0.25, 0.3) is 22.6 Å². The zero-order valence-electron chi connectivity index (χ0n) is 19.2. The van der Waals surface area contributed by atoms with Gasteiger partial charge >= 0.3 is 0 Å². The van der Waals surface area contributed by atoms with Gasteiger partial charge in [0, 0.05) is 29.3 Å². The van der Waals surface area contributed by atoms with Crippen molar-refractivity contribution < 1.29 is 9.50 Å². The average Bonchev–Trinajstić information content (AvgIpc) is 2.81. The molecule has 0 aliphatic carbocycles. The maximum absolute atomic E-state index is 14.6. The second-order valence-corrected chi connectivity index (χ2v) is 8.67. The van der Waals surface area contributed by atoms with Gasteiger partial charge in [-0.2, -0.15) is 0 Å². The van der Waals surface area contributed by atoms with Crippen molar-refractivity contribution in [3.63, 3.8) is 0 Å². The largest absolute Gasteiger partial charge is 0.506 e. The van der Waals surface area contributed by atoms with Crippen molar-refractivity contribution in [3.05, 3.63) is 41.5 Å². The minimum atomic E-state index is -0.655. The predicted molar refractivity (Wildman–Crippen MR) is 127 cm³/mol. The summed E-state index contributed by atoms with van der Waals surface area (Å²) in [6, 6.07) is 5.02. The standard InChI is InChI=1S/C24H30FN7O/c1-4-15-20(14-8-11-32(12-9-14)13(2)3)30-24(27)31-21(15)22-18(33)6-5-17(29-22)16-7-10-28-23(26)19(16)25/h5-7,10,13-14,33H,4,8-9,11-12H2,1-3H3,(H2,26,28)(H2,27,30,31). The molecule has 4 heterocycles. The smallest absolute Gasteiger partial charge is 0.220 e. The Morgan fingerprint density at radius 3 is 2.48 bits per heavy atom. The molecular weight excluding hydrogens is 421 g/mol. The van der Waals surface area contributed by atoms with Gasteiger partial charge in [-0.15, -0.1) is 0 Å². The fraction of sp³-hybridized carbons (Fsp3) is 0.417. The molecule has 1 fully saturated rings. The van der Waals surface area contributed by atoms with Gasteiger partial charge in [0.25, 0.3) is 0 Å². The maximum atomic E-state index is 14.6. The lowest BCUT2D eigenvalue weighted by Crippen LogP contribution is -2.38. The van der Waals surface area contributed by atoms with Crippen LogP contribution in [-0.4, -0.2) is 49.1 Å². The molecule has 4 rings (SSSR count). The summed E-state index contributed by atoms with van der Waals surface area (Å²) in [7, 11) is 0. The van der Waals surface area contributed by atoms with Crippen LogP contribution in [-0.2, 0) is 6.42 Å². The van der Waals surface area contributed by atoms with Crippen molar-refractivity contribution in [2.45, 2.75) is 52.0 Å². The predicted octanol–water partition coefficient (Wildman–Crippen LogP) is 3.76. The number of hydrogen-bond donors (Lipinski definition) is 3. The molecule has 3 aromatic heterocycles. The maximum Gasteiger partial charge on any atom is 0.220 e. The Kier molecular flexibility index (Phi) is 6.42. The number of piperidine rings is 1. The Morgan fingerprint density at radius 1 is 1.09 bits per heavy atom. The van der Waals surface area contributed by atoms with Crippen LogP contribution in [0.5, 0.6) is 5.75 Å². The molecule has 0 bridgehead atoms. The Bertz CT molecular complexity index is 1160. The Balaban J connectivity index is 1.79. The van der Waals surface area contributed by atoms with Gasteiger partial charge in [-0.3, -0.25) is 0 Å². The molecule has 0 amide bonds. The number of nitrogens with zero attached hydrogens (tertiary/aromatic N) is 5. The van der Waals surface area contributed by atoms with Crippen LogP contribution >= 0.6 is 0 Å². The minimum Gasteiger partial charge on any atom is -0.506 e. The number of aromatic hydroxyl groups is 1. The molecule has 0 saturated carbocycles. The molecule has 8 nitrogen and oxygen atoms in total. The summed E-state index contributed by atoms with van der Waals surface area (Å²) in [6.45, 7) is 8.42. The van der Waals surface area contributed by atoms with Crippen LogP contribution in [0.15, 0.2) is 24.4 Å². The van der Waals surface area contributed by atoms with Crippen LogP contribution in [0, 0.1) is 5.82 Å². The van der Waals surface area contributed by atoms with Gasteiger partial charge in [0.1, 0.15) is 17.1 Å². The molecule has 1 aliphatic rings. The molecule has 0 radical (unpaired) electrons. The van der Waals surface area contributed by atoms with E-state index >= 15 is 0 Å². The van der Waals surface area contributed by atoms with E-state index in [2.05, 4.69) is 38.7 Å². The average molecular weight is 452 g/mol. The molecule has 1 saturated heterocycles. The van der Waals surface area contributed by atoms with Crippen LogP contribution in [0.4, 0.5) is 16.2 Å². The van der Waals surface area contributed by atoms with Gasteiger partial charge < -0.3 is 21.5 Å². The lowest BCUT2D eigenvalue weighted by Gasteiger charge is -2.35. The molecule has 174 valence electrons. The molecule has 9 heteroatoms. The second-order valence-electron chi connectivity index (χ2n) is 8.67. The lowest BCUT2D eigenvalue weighted by atomic mass is 9.88. The third-order valence-corrected chi connectivity index (χ3v) is 6.35. The van der Waals surface area contributed by atoms with E-state index in [1.807, 2.05) is 6.92 Å². The van der Waals surface area contributed by atoms with E-state index < -0.39 is 5.82 Å². The fourth-order valence-corrected chi connectivity index (χ4v) is 4.52. The summed E-state index contributed by atoms with van der Waals surface area (Å²) in [5, 5.41) is 10.7. The number of hydrogen-bond acceptors (Lipinski definition) is 8. The first-order valence-corrected chi connectivity index (χ1v) is 11.3. The van der Waals surface area contributed by atoms with Gasteiger partial charge in [0.05, 0.1) is 11.4 Å². The zero-order valence-corrected chi connectivity index (χ0v) is 19.2. The summed E-state index contributed by atoms with van der Waals surface area (Å²) >= 11 is 0. The highest BCUT2D eigenvalue weighted by Gasteiger charge is 2.28. The molecule has 0 spiro atoms. The van der Waals surface area contributed by atoms with Crippen molar-refractivity contribution in [3.8, 4) is 28.4 Å². The highest BCUT2D eigenvalue weighted by molar-refractivity contribution is 5.72. The van der Waals surface area contributed by atoms with E-state index in [0.717, 1.165) is 37.2 Å². The number of pyridine rings is 2. The van der Waals surface area contributed by atoms with E-state index in [1.165, 1.54) is 24.4 Å². The van der Waals surface area contributed by atoms with Crippen LogP contribution in [0.3, 0.4) is 0 Å². The van der Waals surface area contributed by atoms with E-state index in [0.29, 0.717) is 23.9 Å². The third kappa shape index (κ3) is 4.45. The van der Waals surface area contributed by atoms with Gasteiger partial charge in [0.15, 0.2) is 11.6 Å². The molecule has 3 aromatic rings. The summed E-state index contributed by atoms with van der Waals surface area (Å²) in [4.78, 5) is 19.8. The van der Waals surface area contributed by atoms with Gasteiger partial charge in [-0.05, 0) is 64.4 Å².